The van der Waals surface area contributed by atoms with Gasteiger partial charge in [-0.25, -0.2) is 4.98 Å². The van der Waals surface area contributed by atoms with Gasteiger partial charge in [0.05, 0.1) is 23.9 Å². The lowest BCUT2D eigenvalue weighted by molar-refractivity contribution is 0.0318. The van der Waals surface area contributed by atoms with Crippen molar-refractivity contribution in [2.24, 2.45) is 5.16 Å². The predicted octanol–water partition coefficient (Wildman–Crippen LogP) is 3.85. The number of oxime groups is 1. The standard InChI is InChI=1S/C23H19N3O2/c27-16(13-26-15-24-21-11-5-6-12-22(21)26)14-28-25-23-19-9-3-1-7-17(19)18-8-2-4-10-20(18)23/h1-12,15-16,27H,13-14H2/t16-/m1/s1. The summed E-state index contributed by atoms with van der Waals surface area (Å²) in [5.74, 6) is 0. The molecule has 1 atom stereocenters. The van der Waals surface area contributed by atoms with Crippen LogP contribution < -0.4 is 0 Å². The lowest BCUT2D eigenvalue weighted by atomic mass is 10.1. The van der Waals surface area contributed by atoms with Crippen molar-refractivity contribution in [3.8, 4) is 11.1 Å². The molecule has 0 fully saturated rings. The second kappa shape index (κ2) is 6.94. The zero-order valence-electron chi connectivity index (χ0n) is 15.2. The van der Waals surface area contributed by atoms with Gasteiger partial charge in [-0.3, -0.25) is 0 Å². The van der Waals surface area contributed by atoms with E-state index in [0.29, 0.717) is 6.54 Å². The summed E-state index contributed by atoms with van der Waals surface area (Å²) in [7, 11) is 0. The van der Waals surface area contributed by atoms with Gasteiger partial charge in [-0.2, -0.15) is 0 Å². The number of hydrogen-bond acceptors (Lipinski definition) is 4. The first-order valence-electron chi connectivity index (χ1n) is 9.28. The molecule has 138 valence electrons. The first-order valence-corrected chi connectivity index (χ1v) is 9.28. The van der Waals surface area contributed by atoms with Crippen molar-refractivity contribution >= 4 is 16.7 Å². The molecule has 3 aromatic carbocycles. The molecule has 5 heteroatoms. The average Bonchev–Trinajstić information content (AvgIpc) is 3.28. The zero-order chi connectivity index (χ0) is 18.9. The summed E-state index contributed by atoms with van der Waals surface area (Å²) in [5, 5.41) is 14.8. The van der Waals surface area contributed by atoms with E-state index < -0.39 is 6.10 Å². The Morgan fingerprint density at radius 3 is 2.18 bits per heavy atom. The molecule has 0 bridgehead atoms. The first-order chi connectivity index (χ1) is 13.8. The van der Waals surface area contributed by atoms with Crippen molar-refractivity contribution in [3.05, 3.63) is 90.3 Å². The molecule has 28 heavy (non-hydrogen) atoms. The Morgan fingerprint density at radius 1 is 0.857 bits per heavy atom. The van der Waals surface area contributed by atoms with E-state index >= 15 is 0 Å². The van der Waals surface area contributed by atoms with E-state index in [9.17, 15) is 5.11 Å². The van der Waals surface area contributed by atoms with Gasteiger partial charge in [0.2, 0.25) is 0 Å². The fraction of sp³-hybridized carbons (Fsp3) is 0.130. The van der Waals surface area contributed by atoms with Gasteiger partial charge >= 0.3 is 0 Å². The van der Waals surface area contributed by atoms with Gasteiger partial charge in [0.1, 0.15) is 18.4 Å². The van der Waals surface area contributed by atoms with Crippen LogP contribution in [0.4, 0.5) is 0 Å². The average molecular weight is 369 g/mol. The van der Waals surface area contributed by atoms with Crippen molar-refractivity contribution in [3.63, 3.8) is 0 Å². The normalized spacial score (nSPS) is 13.2. The molecule has 1 aliphatic rings. The molecular formula is C23H19N3O2. The summed E-state index contributed by atoms with van der Waals surface area (Å²) in [6.45, 7) is 0.513. The van der Waals surface area contributed by atoms with Crippen LogP contribution in [-0.2, 0) is 11.4 Å². The molecule has 0 aliphatic heterocycles. The Hall–Kier alpha value is -3.44. The minimum Gasteiger partial charge on any atom is -0.392 e. The van der Waals surface area contributed by atoms with Gasteiger partial charge in [-0.1, -0.05) is 65.8 Å². The van der Waals surface area contributed by atoms with Gasteiger partial charge in [0.15, 0.2) is 0 Å². The van der Waals surface area contributed by atoms with Gasteiger partial charge in [-0.05, 0) is 23.3 Å². The highest BCUT2D eigenvalue weighted by atomic mass is 16.6. The van der Waals surface area contributed by atoms with Crippen LogP contribution in [0.25, 0.3) is 22.2 Å². The van der Waals surface area contributed by atoms with Crippen LogP contribution in [0, 0.1) is 0 Å². The number of aromatic nitrogens is 2. The van der Waals surface area contributed by atoms with Crippen LogP contribution in [-0.4, -0.2) is 33.1 Å². The monoisotopic (exact) mass is 369 g/mol. The Kier molecular flexibility index (Phi) is 4.14. The fourth-order valence-electron chi connectivity index (χ4n) is 3.72. The molecular weight excluding hydrogens is 350 g/mol. The maximum absolute atomic E-state index is 10.4. The van der Waals surface area contributed by atoms with Crippen LogP contribution in [0.1, 0.15) is 11.1 Å². The van der Waals surface area contributed by atoms with Crippen LogP contribution in [0.5, 0.6) is 0 Å². The molecule has 0 spiro atoms. The summed E-state index contributed by atoms with van der Waals surface area (Å²) < 4.78 is 1.93. The third-order valence-corrected chi connectivity index (χ3v) is 5.01. The number of para-hydroxylation sites is 2. The summed E-state index contributed by atoms with van der Waals surface area (Å²) >= 11 is 0. The molecule has 0 saturated heterocycles. The quantitative estimate of drug-likeness (QED) is 0.479. The zero-order valence-corrected chi connectivity index (χ0v) is 15.2. The number of aliphatic hydroxyl groups is 1. The Labute approximate surface area is 162 Å². The Balaban J connectivity index is 1.33. The lowest BCUT2D eigenvalue weighted by Gasteiger charge is -2.11. The van der Waals surface area contributed by atoms with Crippen molar-refractivity contribution < 1.29 is 9.94 Å². The van der Waals surface area contributed by atoms with Gasteiger partial charge in [0, 0.05) is 11.1 Å². The van der Waals surface area contributed by atoms with Crippen LogP contribution in [0.3, 0.4) is 0 Å². The van der Waals surface area contributed by atoms with E-state index in [1.165, 1.54) is 0 Å². The number of fused-ring (bicyclic) bond motifs is 4. The fourth-order valence-corrected chi connectivity index (χ4v) is 3.72. The second-order valence-electron chi connectivity index (χ2n) is 6.87. The highest BCUT2D eigenvalue weighted by Gasteiger charge is 2.24. The van der Waals surface area contributed by atoms with E-state index in [2.05, 4.69) is 22.3 Å². The third kappa shape index (κ3) is 2.86. The third-order valence-electron chi connectivity index (χ3n) is 5.01. The Bertz CT molecular complexity index is 1130. The SMILES string of the molecule is O[C@@H](CON=C1c2ccccc2-c2ccccc21)Cn1cnc2ccccc21. The minimum absolute atomic E-state index is 0.111. The van der Waals surface area contributed by atoms with Crippen LogP contribution in [0.2, 0.25) is 0 Å². The first kappa shape index (κ1) is 16.7. The highest BCUT2D eigenvalue weighted by molar-refractivity contribution is 6.24. The van der Waals surface area contributed by atoms with Crippen molar-refractivity contribution in [2.45, 2.75) is 12.6 Å². The molecule has 1 aliphatic carbocycles. The number of hydrogen-bond donors (Lipinski definition) is 1. The molecule has 0 unspecified atom stereocenters. The van der Waals surface area contributed by atoms with Crippen LogP contribution >= 0.6 is 0 Å². The smallest absolute Gasteiger partial charge is 0.144 e. The van der Waals surface area contributed by atoms with E-state index in [4.69, 9.17) is 4.84 Å². The lowest BCUT2D eigenvalue weighted by Crippen LogP contribution is -2.20. The summed E-state index contributed by atoms with van der Waals surface area (Å²) in [6, 6.07) is 24.2. The van der Waals surface area contributed by atoms with Crippen molar-refractivity contribution in [2.75, 3.05) is 6.61 Å². The number of aliphatic hydroxyl groups excluding tert-OH is 1. The number of nitrogens with zero attached hydrogens (tertiary/aromatic N) is 3. The molecule has 0 amide bonds. The molecule has 1 N–H and O–H groups in total. The van der Waals surface area contributed by atoms with Gasteiger partial charge in [0.25, 0.3) is 0 Å². The van der Waals surface area contributed by atoms with Crippen molar-refractivity contribution in [1.29, 1.82) is 0 Å². The number of rotatable bonds is 5. The maximum atomic E-state index is 10.4. The molecule has 5 rings (SSSR count). The summed E-state index contributed by atoms with van der Waals surface area (Å²) in [4.78, 5) is 9.91. The van der Waals surface area contributed by atoms with Gasteiger partial charge < -0.3 is 14.5 Å². The molecule has 5 nitrogen and oxygen atoms in total. The second-order valence-corrected chi connectivity index (χ2v) is 6.87. The molecule has 0 saturated carbocycles. The highest BCUT2D eigenvalue weighted by Crippen LogP contribution is 2.36. The van der Waals surface area contributed by atoms with Crippen LogP contribution in [0.15, 0.2) is 84.3 Å². The molecule has 1 heterocycles. The largest absolute Gasteiger partial charge is 0.392 e. The summed E-state index contributed by atoms with van der Waals surface area (Å²) in [6.07, 6.45) is 1.05. The molecule has 1 aromatic heterocycles. The summed E-state index contributed by atoms with van der Waals surface area (Å²) in [5.41, 5.74) is 7.14. The predicted molar refractivity (Wildman–Crippen MR) is 109 cm³/mol. The topological polar surface area (TPSA) is 59.6 Å². The van der Waals surface area contributed by atoms with E-state index in [-0.39, 0.29) is 6.61 Å². The van der Waals surface area contributed by atoms with Crippen molar-refractivity contribution in [1.82, 2.24) is 9.55 Å². The van der Waals surface area contributed by atoms with E-state index in [0.717, 1.165) is 39.0 Å². The van der Waals surface area contributed by atoms with E-state index in [1.54, 1.807) is 6.33 Å². The van der Waals surface area contributed by atoms with E-state index in [1.807, 2.05) is 65.2 Å². The number of imidazole rings is 1. The Morgan fingerprint density at radius 2 is 1.46 bits per heavy atom. The minimum atomic E-state index is -0.686. The number of benzene rings is 3. The van der Waals surface area contributed by atoms with Gasteiger partial charge in [-0.15, -0.1) is 0 Å². The maximum Gasteiger partial charge on any atom is 0.144 e. The molecule has 4 aromatic rings. The molecule has 0 radical (unpaired) electrons.